The molecule has 1 fully saturated rings. The van der Waals surface area contributed by atoms with Gasteiger partial charge in [0, 0.05) is 24.0 Å². The van der Waals surface area contributed by atoms with Crippen molar-refractivity contribution < 1.29 is 24.2 Å². The predicted octanol–water partition coefficient (Wildman–Crippen LogP) is 2.83. The molecule has 2 atom stereocenters. The summed E-state index contributed by atoms with van der Waals surface area (Å²) >= 11 is 0. The number of piperidine rings is 1. The number of benzene rings is 2. The highest BCUT2D eigenvalue weighted by molar-refractivity contribution is 5.98. The second-order valence-electron chi connectivity index (χ2n) is 7.57. The number of hydrogen-bond donors (Lipinski definition) is 3. The van der Waals surface area contributed by atoms with Crippen LogP contribution in [0.4, 0.5) is 4.39 Å². The number of carboxylic acid groups (broad SMARTS) is 1. The Balaban J connectivity index is 1.64. The fourth-order valence-electron chi connectivity index (χ4n) is 4.08. The lowest BCUT2D eigenvalue weighted by Crippen LogP contribution is -2.58. The van der Waals surface area contributed by atoms with Crippen LogP contribution in [0.5, 0.6) is 0 Å². The van der Waals surface area contributed by atoms with Crippen LogP contribution in [0.2, 0.25) is 0 Å². The Bertz CT molecular complexity index is 1050. The first kappa shape index (κ1) is 19.1. The zero-order valence-corrected chi connectivity index (χ0v) is 15.6. The second kappa shape index (κ2) is 7.33. The van der Waals surface area contributed by atoms with E-state index < -0.39 is 23.3 Å². The Morgan fingerprint density at radius 3 is 2.69 bits per heavy atom. The van der Waals surface area contributed by atoms with Gasteiger partial charge in [-0.3, -0.25) is 9.59 Å². The number of rotatable bonds is 4. The summed E-state index contributed by atoms with van der Waals surface area (Å²) in [6, 6.07) is 14.9. The van der Waals surface area contributed by atoms with E-state index in [2.05, 4.69) is 4.98 Å². The van der Waals surface area contributed by atoms with Gasteiger partial charge in [-0.2, -0.15) is 0 Å². The molecule has 0 spiro atoms. The quantitative estimate of drug-likeness (QED) is 0.632. The molecule has 4 rings (SSSR count). The normalized spacial score (nSPS) is 22.0. The van der Waals surface area contributed by atoms with E-state index in [-0.39, 0.29) is 31.8 Å². The van der Waals surface area contributed by atoms with E-state index in [9.17, 15) is 24.2 Å². The molecule has 1 aliphatic rings. The van der Waals surface area contributed by atoms with Crippen molar-refractivity contribution in [3.8, 4) is 0 Å². The maximum Gasteiger partial charge on any atom is 0.314 e. The van der Waals surface area contributed by atoms with E-state index >= 15 is 0 Å². The SMILES string of the molecule is O=C(c1cc2ccccc2[nH]1)N1CC[C@H](O)[C@](Cc2cccc(F)c2)(C(=O)O)C1. The second-order valence-corrected chi connectivity index (χ2v) is 7.57. The van der Waals surface area contributed by atoms with E-state index in [1.54, 1.807) is 12.1 Å². The van der Waals surface area contributed by atoms with E-state index in [1.807, 2.05) is 24.3 Å². The number of likely N-dealkylation sites (tertiary alicyclic amines) is 1. The van der Waals surface area contributed by atoms with Gasteiger partial charge in [0.25, 0.3) is 5.91 Å². The van der Waals surface area contributed by atoms with Crippen LogP contribution in [0.15, 0.2) is 54.6 Å². The molecule has 3 N–H and O–H groups in total. The average Bonchev–Trinajstić information content (AvgIpc) is 3.13. The number of carbonyl (C=O) groups excluding carboxylic acids is 1. The minimum atomic E-state index is -1.60. The molecule has 0 saturated carbocycles. The number of nitrogens with zero attached hydrogens (tertiary/aromatic N) is 1. The monoisotopic (exact) mass is 396 g/mol. The van der Waals surface area contributed by atoms with Crippen molar-refractivity contribution >= 4 is 22.8 Å². The third-order valence-corrected chi connectivity index (χ3v) is 5.67. The number of aromatic nitrogens is 1. The molecule has 150 valence electrons. The number of hydrogen-bond acceptors (Lipinski definition) is 3. The van der Waals surface area contributed by atoms with Gasteiger partial charge in [0.05, 0.1) is 6.10 Å². The summed E-state index contributed by atoms with van der Waals surface area (Å²) < 4.78 is 13.6. The number of para-hydroxylation sites is 1. The maximum atomic E-state index is 13.6. The minimum absolute atomic E-state index is 0.0717. The van der Waals surface area contributed by atoms with Crippen LogP contribution in [0.1, 0.15) is 22.5 Å². The van der Waals surface area contributed by atoms with Crippen LogP contribution in [0.25, 0.3) is 10.9 Å². The van der Waals surface area contributed by atoms with Gasteiger partial charge in [-0.15, -0.1) is 0 Å². The Morgan fingerprint density at radius 2 is 1.97 bits per heavy atom. The summed E-state index contributed by atoms with van der Waals surface area (Å²) in [5.74, 6) is -2.00. The molecule has 0 unspecified atom stereocenters. The predicted molar refractivity (Wildman–Crippen MR) is 105 cm³/mol. The first-order valence-electron chi connectivity index (χ1n) is 9.42. The van der Waals surface area contributed by atoms with Crippen LogP contribution in [0, 0.1) is 11.2 Å². The number of aliphatic hydroxyl groups excluding tert-OH is 1. The van der Waals surface area contributed by atoms with Crippen molar-refractivity contribution in [1.29, 1.82) is 0 Å². The van der Waals surface area contributed by atoms with Crippen molar-refractivity contribution in [3.63, 3.8) is 0 Å². The third kappa shape index (κ3) is 3.49. The fourth-order valence-corrected chi connectivity index (χ4v) is 4.08. The van der Waals surface area contributed by atoms with Crippen molar-refractivity contribution in [1.82, 2.24) is 9.88 Å². The summed E-state index contributed by atoms with van der Waals surface area (Å²) in [4.78, 5) is 29.8. The van der Waals surface area contributed by atoms with Gasteiger partial charge in [-0.25, -0.2) is 4.39 Å². The first-order chi connectivity index (χ1) is 13.9. The molecule has 0 aliphatic carbocycles. The smallest absolute Gasteiger partial charge is 0.314 e. The topological polar surface area (TPSA) is 93.6 Å². The van der Waals surface area contributed by atoms with E-state index in [0.717, 1.165) is 10.9 Å². The van der Waals surface area contributed by atoms with Crippen LogP contribution in [-0.2, 0) is 11.2 Å². The molecule has 0 bridgehead atoms. The van der Waals surface area contributed by atoms with Crippen LogP contribution >= 0.6 is 0 Å². The maximum absolute atomic E-state index is 13.6. The summed E-state index contributed by atoms with van der Waals surface area (Å²) in [6.07, 6.45) is -1.08. The highest BCUT2D eigenvalue weighted by atomic mass is 19.1. The van der Waals surface area contributed by atoms with Gasteiger partial charge in [-0.05, 0) is 42.7 Å². The number of carbonyl (C=O) groups is 2. The molecular weight excluding hydrogens is 375 g/mol. The van der Waals surface area contributed by atoms with Crippen molar-refractivity contribution in [2.75, 3.05) is 13.1 Å². The lowest BCUT2D eigenvalue weighted by Gasteiger charge is -2.43. The summed E-state index contributed by atoms with van der Waals surface area (Å²) in [6.45, 7) is 0.0851. The van der Waals surface area contributed by atoms with Gasteiger partial charge in [0.1, 0.15) is 16.9 Å². The average molecular weight is 396 g/mol. The standard InChI is InChI=1S/C22H21FN2O4/c23-16-6-3-4-14(10-16)12-22(21(28)29)13-25(9-8-19(22)26)20(27)18-11-15-5-1-2-7-17(15)24-18/h1-7,10-11,19,24,26H,8-9,12-13H2,(H,28,29)/t19-,22+/m0/s1. The Hall–Kier alpha value is -3.19. The van der Waals surface area contributed by atoms with Crippen molar-refractivity contribution in [2.45, 2.75) is 18.9 Å². The lowest BCUT2D eigenvalue weighted by molar-refractivity contribution is -0.161. The molecule has 29 heavy (non-hydrogen) atoms. The molecule has 3 aromatic rings. The van der Waals surface area contributed by atoms with Crippen molar-refractivity contribution in [3.05, 3.63) is 71.7 Å². The van der Waals surface area contributed by atoms with E-state index in [0.29, 0.717) is 11.3 Å². The molecule has 1 aliphatic heterocycles. The summed E-state index contributed by atoms with van der Waals surface area (Å²) in [5, 5.41) is 21.4. The van der Waals surface area contributed by atoms with Gasteiger partial charge in [0.15, 0.2) is 0 Å². The Kier molecular flexibility index (Phi) is 4.84. The highest BCUT2D eigenvalue weighted by Crippen LogP contribution is 2.35. The van der Waals surface area contributed by atoms with Crippen LogP contribution in [-0.4, -0.2) is 51.2 Å². The third-order valence-electron chi connectivity index (χ3n) is 5.67. The number of carboxylic acids is 1. The number of aliphatic hydroxyl groups is 1. The lowest BCUT2D eigenvalue weighted by atomic mass is 9.72. The molecule has 2 heterocycles. The number of amides is 1. The Morgan fingerprint density at radius 1 is 1.17 bits per heavy atom. The van der Waals surface area contributed by atoms with Crippen LogP contribution < -0.4 is 0 Å². The Labute approximate surface area is 166 Å². The van der Waals surface area contributed by atoms with Gasteiger partial charge in [-0.1, -0.05) is 30.3 Å². The molecular formula is C22H21FN2O4. The van der Waals surface area contributed by atoms with E-state index in [1.165, 1.54) is 23.1 Å². The fraction of sp³-hybridized carbons (Fsp3) is 0.273. The summed E-state index contributed by atoms with van der Waals surface area (Å²) in [7, 11) is 0. The molecule has 1 saturated heterocycles. The number of halogens is 1. The summed E-state index contributed by atoms with van der Waals surface area (Å²) in [5.41, 5.74) is 0.0458. The zero-order chi connectivity index (χ0) is 20.6. The molecule has 2 aromatic carbocycles. The molecule has 6 nitrogen and oxygen atoms in total. The number of nitrogens with one attached hydrogen (secondary N) is 1. The largest absolute Gasteiger partial charge is 0.481 e. The van der Waals surface area contributed by atoms with Crippen LogP contribution in [0.3, 0.4) is 0 Å². The first-order valence-corrected chi connectivity index (χ1v) is 9.42. The minimum Gasteiger partial charge on any atom is -0.481 e. The van der Waals surface area contributed by atoms with Gasteiger partial charge >= 0.3 is 5.97 Å². The van der Waals surface area contributed by atoms with Crippen molar-refractivity contribution in [2.24, 2.45) is 5.41 Å². The number of H-pyrrole nitrogens is 1. The number of aromatic amines is 1. The van der Waals surface area contributed by atoms with Gasteiger partial charge < -0.3 is 20.1 Å². The molecule has 7 heteroatoms. The molecule has 1 aromatic heterocycles. The molecule has 1 amide bonds. The molecule has 0 radical (unpaired) electrons. The number of fused-ring (bicyclic) bond motifs is 1. The van der Waals surface area contributed by atoms with E-state index in [4.69, 9.17) is 0 Å². The zero-order valence-electron chi connectivity index (χ0n) is 15.6. The van der Waals surface area contributed by atoms with Gasteiger partial charge in [0.2, 0.25) is 0 Å². The highest BCUT2D eigenvalue weighted by Gasteiger charge is 2.50. The number of aliphatic carboxylic acids is 1.